The molecule has 2 unspecified atom stereocenters. The molecule has 3 heteroatoms. The van der Waals surface area contributed by atoms with Gasteiger partial charge in [0.25, 0.3) is 0 Å². The first kappa shape index (κ1) is 11.0. The Bertz CT molecular complexity index is 268. The lowest BCUT2D eigenvalue weighted by molar-refractivity contribution is -0.150. The highest BCUT2D eigenvalue weighted by Crippen LogP contribution is 2.34. The first-order chi connectivity index (χ1) is 6.49. The van der Waals surface area contributed by atoms with Gasteiger partial charge in [-0.1, -0.05) is 13.8 Å². The van der Waals surface area contributed by atoms with Crippen LogP contribution in [0, 0.1) is 11.8 Å². The van der Waals surface area contributed by atoms with Crippen LogP contribution in [0.15, 0.2) is 12.2 Å². The molecule has 0 aliphatic carbocycles. The highest BCUT2D eigenvalue weighted by atomic mass is 16.6. The molecule has 3 nitrogen and oxygen atoms in total. The second-order valence-electron chi connectivity index (χ2n) is 4.19. The summed E-state index contributed by atoms with van der Waals surface area (Å²) >= 11 is 0. The Morgan fingerprint density at radius 3 is 2.57 bits per heavy atom. The average molecular weight is 196 g/mol. The Morgan fingerprint density at radius 1 is 1.57 bits per heavy atom. The molecule has 0 N–H and O–H groups in total. The predicted molar refractivity (Wildman–Crippen MR) is 52.6 cm³/mol. The second-order valence-corrected chi connectivity index (χ2v) is 4.19. The fourth-order valence-electron chi connectivity index (χ4n) is 1.99. The van der Waals surface area contributed by atoms with E-state index in [9.17, 15) is 9.59 Å². The van der Waals surface area contributed by atoms with Crippen LogP contribution in [-0.4, -0.2) is 17.9 Å². The van der Waals surface area contributed by atoms with Gasteiger partial charge in [-0.05, 0) is 18.9 Å². The molecule has 0 spiro atoms. The number of esters is 1. The number of carbonyl (C=O) groups is 2. The first-order valence-corrected chi connectivity index (χ1v) is 4.85. The molecule has 1 aliphatic rings. The lowest BCUT2D eigenvalue weighted by Crippen LogP contribution is -2.37. The Kier molecular flexibility index (Phi) is 3.09. The minimum absolute atomic E-state index is 0.0581. The van der Waals surface area contributed by atoms with Crippen molar-refractivity contribution in [3.63, 3.8) is 0 Å². The van der Waals surface area contributed by atoms with E-state index in [4.69, 9.17) is 4.74 Å². The van der Waals surface area contributed by atoms with Crippen molar-refractivity contribution in [1.29, 1.82) is 0 Å². The molecule has 0 aromatic heterocycles. The van der Waals surface area contributed by atoms with Gasteiger partial charge < -0.3 is 9.53 Å². The van der Waals surface area contributed by atoms with E-state index in [1.165, 1.54) is 6.08 Å². The van der Waals surface area contributed by atoms with Gasteiger partial charge in [-0.2, -0.15) is 0 Å². The van der Waals surface area contributed by atoms with Crippen molar-refractivity contribution in [3.8, 4) is 0 Å². The quantitative estimate of drug-likeness (QED) is 0.508. The third kappa shape index (κ3) is 2.03. The molecule has 0 fully saturated rings. The van der Waals surface area contributed by atoms with Crippen LogP contribution in [0.1, 0.15) is 27.2 Å². The molecular weight excluding hydrogens is 180 g/mol. The van der Waals surface area contributed by atoms with Crippen molar-refractivity contribution in [2.75, 3.05) is 0 Å². The van der Waals surface area contributed by atoms with Crippen molar-refractivity contribution in [2.45, 2.75) is 32.8 Å². The maximum absolute atomic E-state index is 11.0. The summed E-state index contributed by atoms with van der Waals surface area (Å²) < 4.78 is 5.22. The second kappa shape index (κ2) is 3.95. The van der Waals surface area contributed by atoms with Gasteiger partial charge >= 0.3 is 5.97 Å². The van der Waals surface area contributed by atoms with Gasteiger partial charge in [0.1, 0.15) is 11.9 Å². The van der Waals surface area contributed by atoms with E-state index in [2.05, 4.69) is 0 Å². The van der Waals surface area contributed by atoms with Crippen LogP contribution in [0.5, 0.6) is 0 Å². The van der Waals surface area contributed by atoms with Crippen molar-refractivity contribution >= 4 is 12.3 Å². The summed E-state index contributed by atoms with van der Waals surface area (Å²) in [5, 5.41) is 0. The predicted octanol–water partition coefficient (Wildman–Crippen LogP) is 1.72. The topological polar surface area (TPSA) is 43.4 Å². The number of hydrogen-bond donors (Lipinski definition) is 0. The van der Waals surface area contributed by atoms with Crippen LogP contribution in [0.2, 0.25) is 0 Å². The molecule has 2 atom stereocenters. The monoisotopic (exact) mass is 196 g/mol. The van der Waals surface area contributed by atoms with E-state index in [1.807, 2.05) is 20.8 Å². The molecule has 0 saturated heterocycles. The molecule has 0 aromatic carbocycles. The third-order valence-electron chi connectivity index (χ3n) is 2.76. The van der Waals surface area contributed by atoms with Crippen LogP contribution in [0.3, 0.4) is 0 Å². The fourth-order valence-corrected chi connectivity index (χ4v) is 1.99. The van der Waals surface area contributed by atoms with E-state index < -0.39 is 5.60 Å². The highest BCUT2D eigenvalue weighted by Gasteiger charge is 2.40. The van der Waals surface area contributed by atoms with Gasteiger partial charge in [0, 0.05) is 18.4 Å². The maximum atomic E-state index is 11.0. The minimum atomic E-state index is -0.605. The molecule has 0 amide bonds. The Labute approximate surface area is 84.1 Å². The van der Waals surface area contributed by atoms with E-state index in [0.717, 1.165) is 6.29 Å². The number of cyclic esters (lactones) is 1. The van der Waals surface area contributed by atoms with E-state index in [1.54, 1.807) is 6.08 Å². The van der Waals surface area contributed by atoms with Gasteiger partial charge in [-0.25, -0.2) is 4.79 Å². The lowest BCUT2D eigenvalue weighted by atomic mass is 9.79. The molecule has 1 aliphatic heterocycles. The zero-order chi connectivity index (χ0) is 10.8. The SMILES string of the molecule is CC(C)C(CC=O)C1(C)C=CC(=O)O1. The van der Waals surface area contributed by atoms with Gasteiger partial charge in [-0.15, -0.1) is 0 Å². The smallest absolute Gasteiger partial charge is 0.331 e. The van der Waals surface area contributed by atoms with Gasteiger partial charge in [0.2, 0.25) is 0 Å². The van der Waals surface area contributed by atoms with Crippen LogP contribution in [0.4, 0.5) is 0 Å². The van der Waals surface area contributed by atoms with Crippen molar-refractivity contribution in [2.24, 2.45) is 11.8 Å². The Morgan fingerprint density at radius 2 is 2.21 bits per heavy atom. The number of carbonyl (C=O) groups excluding carboxylic acids is 2. The Hall–Kier alpha value is -1.12. The van der Waals surface area contributed by atoms with Crippen LogP contribution >= 0.6 is 0 Å². The molecular formula is C11H16O3. The molecule has 1 rings (SSSR count). The fraction of sp³-hybridized carbons (Fsp3) is 0.636. The average Bonchev–Trinajstić information content (AvgIpc) is 2.42. The van der Waals surface area contributed by atoms with E-state index in [-0.39, 0.29) is 11.9 Å². The summed E-state index contributed by atoms with van der Waals surface area (Å²) in [7, 11) is 0. The van der Waals surface area contributed by atoms with Crippen LogP contribution in [-0.2, 0) is 14.3 Å². The van der Waals surface area contributed by atoms with Crippen LogP contribution in [0.25, 0.3) is 0 Å². The first-order valence-electron chi connectivity index (χ1n) is 4.85. The van der Waals surface area contributed by atoms with Crippen LogP contribution < -0.4 is 0 Å². The summed E-state index contributed by atoms with van der Waals surface area (Å²) in [6.07, 6.45) is 4.49. The lowest BCUT2D eigenvalue weighted by Gasteiger charge is -2.33. The summed E-state index contributed by atoms with van der Waals surface area (Å²) in [6.45, 7) is 5.90. The molecule has 14 heavy (non-hydrogen) atoms. The number of hydrogen-bond acceptors (Lipinski definition) is 3. The molecule has 78 valence electrons. The molecule has 1 heterocycles. The number of aldehydes is 1. The molecule has 0 radical (unpaired) electrons. The summed E-state index contributed by atoms with van der Waals surface area (Å²) in [4.78, 5) is 21.5. The van der Waals surface area contributed by atoms with Crippen molar-refractivity contribution < 1.29 is 14.3 Å². The third-order valence-corrected chi connectivity index (χ3v) is 2.76. The number of rotatable bonds is 4. The minimum Gasteiger partial charge on any atom is -0.452 e. The maximum Gasteiger partial charge on any atom is 0.331 e. The molecule has 0 aromatic rings. The van der Waals surface area contributed by atoms with E-state index >= 15 is 0 Å². The number of ether oxygens (including phenoxy) is 1. The van der Waals surface area contributed by atoms with Crippen molar-refractivity contribution in [3.05, 3.63) is 12.2 Å². The highest BCUT2D eigenvalue weighted by molar-refractivity contribution is 5.85. The largest absolute Gasteiger partial charge is 0.452 e. The zero-order valence-electron chi connectivity index (χ0n) is 8.82. The normalized spacial score (nSPS) is 27.9. The summed E-state index contributed by atoms with van der Waals surface area (Å²) in [5.74, 6) is 0.0486. The van der Waals surface area contributed by atoms with Crippen molar-refractivity contribution in [1.82, 2.24) is 0 Å². The van der Waals surface area contributed by atoms with Gasteiger partial charge in [-0.3, -0.25) is 0 Å². The summed E-state index contributed by atoms with van der Waals surface area (Å²) in [6, 6.07) is 0. The van der Waals surface area contributed by atoms with E-state index in [0.29, 0.717) is 12.3 Å². The molecule has 0 bridgehead atoms. The molecule has 0 saturated carbocycles. The summed E-state index contributed by atoms with van der Waals surface area (Å²) in [5.41, 5.74) is -0.605. The van der Waals surface area contributed by atoms with Gasteiger partial charge in [0.15, 0.2) is 0 Å². The zero-order valence-corrected chi connectivity index (χ0v) is 8.82. The standard InChI is InChI=1S/C11H16O3/c1-8(2)9(5-7-12)11(3)6-4-10(13)14-11/h4,6-9H,5H2,1-3H3. The van der Waals surface area contributed by atoms with Gasteiger partial charge in [0.05, 0.1) is 0 Å². The Balaban J connectivity index is 2.82.